The van der Waals surface area contributed by atoms with E-state index in [1.165, 1.54) is 77.9 Å². The maximum absolute atomic E-state index is 6.27. The molecule has 0 amide bonds. The van der Waals surface area contributed by atoms with Crippen LogP contribution in [0.1, 0.15) is 39.0 Å². The number of fused-ring (bicyclic) bond motifs is 1. The van der Waals surface area contributed by atoms with Crippen molar-refractivity contribution >= 4 is 0 Å². The second-order valence-corrected chi connectivity index (χ2v) is 6.99. The van der Waals surface area contributed by atoms with Crippen LogP contribution < -0.4 is 5.73 Å². The molecular weight excluding hydrogens is 248 g/mol. The van der Waals surface area contributed by atoms with Gasteiger partial charge in [-0.1, -0.05) is 6.92 Å². The van der Waals surface area contributed by atoms with Gasteiger partial charge in [0.05, 0.1) is 0 Å². The molecule has 0 aromatic heterocycles. The van der Waals surface area contributed by atoms with E-state index in [1.807, 2.05) is 0 Å². The highest BCUT2D eigenvalue weighted by Crippen LogP contribution is 2.32. The van der Waals surface area contributed by atoms with Crippen LogP contribution in [0.5, 0.6) is 0 Å². The first kappa shape index (κ1) is 14.8. The van der Waals surface area contributed by atoms with Crippen LogP contribution in [0.3, 0.4) is 0 Å². The monoisotopic (exact) mass is 280 g/mol. The summed E-state index contributed by atoms with van der Waals surface area (Å²) in [6, 6.07) is 0.810. The highest BCUT2D eigenvalue weighted by molar-refractivity contribution is 4.99. The van der Waals surface area contributed by atoms with E-state index in [0.29, 0.717) is 5.54 Å². The van der Waals surface area contributed by atoms with Crippen molar-refractivity contribution in [2.24, 2.45) is 5.73 Å². The minimum atomic E-state index is 0.296. The van der Waals surface area contributed by atoms with Crippen molar-refractivity contribution in [1.82, 2.24) is 14.7 Å². The second kappa shape index (κ2) is 6.30. The third kappa shape index (κ3) is 2.76. The fraction of sp³-hybridized carbons (Fsp3) is 1.00. The summed E-state index contributed by atoms with van der Waals surface area (Å²) < 4.78 is 0. The van der Waals surface area contributed by atoms with Crippen molar-refractivity contribution < 1.29 is 0 Å². The van der Waals surface area contributed by atoms with Gasteiger partial charge < -0.3 is 10.6 Å². The Balaban J connectivity index is 1.68. The molecule has 1 atom stereocenters. The second-order valence-electron chi connectivity index (χ2n) is 6.99. The van der Waals surface area contributed by atoms with Crippen LogP contribution in [0.2, 0.25) is 0 Å². The fourth-order valence-electron chi connectivity index (χ4n) is 4.57. The molecule has 0 saturated carbocycles. The molecule has 116 valence electrons. The van der Waals surface area contributed by atoms with Crippen LogP contribution in [-0.4, -0.2) is 78.6 Å². The zero-order valence-electron chi connectivity index (χ0n) is 13.2. The van der Waals surface area contributed by atoms with E-state index in [2.05, 4.69) is 21.6 Å². The molecule has 1 unspecified atom stereocenters. The van der Waals surface area contributed by atoms with Crippen molar-refractivity contribution in [3.63, 3.8) is 0 Å². The normalized spacial score (nSPS) is 33.0. The Morgan fingerprint density at radius 1 is 1.05 bits per heavy atom. The van der Waals surface area contributed by atoms with Gasteiger partial charge in [0, 0.05) is 31.2 Å². The number of hydrogen-bond donors (Lipinski definition) is 1. The number of likely N-dealkylation sites (tertiary alicyclic amines) is 1. The van der Waals surface area contributed by atoms with Crippen molar-refractivity contribution in [2.45, 2.75) is 50.6 Å². The predicted octanol–water partition coefficient (Wildman–Crippen LogP) is 0.970. The molecule has 0 aliphatic carbocycles. The van der Waals surface area contributed by atoms with Gasteiger partial charge in [0.25, 0.3) is 0 Å². The first-order chi connectivity index (χ1) is 9.77. The molecule has 2 N–H and O–H groups in total. The van der Waals surface area contributed by atoms with Crippen molar-refractivity contribution in [1.29, 1.82) is 0 Å². The van der Waals surface area contributed by atoms with E-state index in [9.17, 15) is 0 Å². The van der Waals surface area contributed by atoms with Crippen molar-refractivity contribution in [2.75, 3.05) is 52.4 Å². The molecule has 3 heterocycles. The summed E-state index contributed by atoms with van der Waals surface area (Å²) in [5.74, 6) is 0. The molecule has 0 aromatic rings. The molecule has 20 heavy (non-hydrogen) atoms. The molecule has 0 bridgehead atoms. The fourth-order valence-corrected chi connectivity index (χ4v) is 4.57. The first-order valence-corrected chi connectivity index (χ1v) is 8.69. The molecular formula is C16H32N4. The maximum atomic E-state index is 6.27. The number of nitrogens with zero attached hydrogens (tertiary/aromatic N) is 3. The van der Waals surface area contributed by atoms with Gasteiger partial charge in [-0.3, -0.25) is 9.80 Å². The quantitative estimate of drug-likeness (QED) is 0.836. The largest absolute Gasteiger partial charge is 0.329 e. The minimum Gasteiger partial charge on any atom is -0.329 e. The Morgan fingerprint density at radius 2 is 1.80 bits per heavy atom. The van der Waals surface area contributed by atoms with Gasteiger partial charge in [0.2, 0.25) is 0 Å². The average molecular weight is 280 g/mol. The van der Waals surface area contributed by atoms with E-state index in [0.717, 1.165) is 12.6 Å². The zero-order valence-corrected chi connectivity index (χ0v) is 13.2. The van der Waals surface area contributed by atoms with Gasteiger partial charge in [-0.25, -0.2) is 0 Å². The molecule has 0 radical (unpaired) electrons. The number of nitrogens with two attached hydrogens (primary N) is 1. The van der Waals surface area contributed by atoms with Crippen LogP contribution >= 0.6 is 0 Å². The van der Waals surface area contributed by atoms with Crippen molar-refractivity contribution in [3.8, 4) is 0 Å². The molecule has 0 aromatic carbocycles. The lowest BCUT2D eigenvalue weighted by Crippen LogP contribution is -2.60. The molecule has 4 nitrogen and oxygen atoms in total. The molecule has 3 aliphatic rings. The van der Waals surface area contributed by atoms with Crippen molar-refractivity contribution in [3.05, 3.63) is 0 Å². The first-order valence-electron chi connectivity index (χ1n) is 8.69. The summed E-state index contributed by atoms with van der Waals surface area (Å²) in [7, 11) is 0. The summed E-state index contributed by atoms with van der Waals surface area (Å²) in [6.07, 6.45) is 6.67. The predicted molar refractivity (Wildman–Crippen MR) is 83.9 cm³/mol. The topological polar surface area (TPSA) is 35.7 Å². The molecule has 3 rings (SSSR count). The van der Waals surface area contributed by atoms with Crippen LogP contribution in [0.15, 0.2) is 0 Å². The third-order valence-corrected chi connectivity index (χ3v) is 6.09. The lowest BCUT2D eigenvalue weighted by atomic mass is 9.85. The van der Waals surface area contributed by atoms with Crippen LogP contribution in [-0.2, 0) is 0 Å². The third-order valence-electron chi connectivity index (χ3n) is 6.09. The summed E-state index contributed by atoms with van der Waals surface area (Å²) in [5, 5.41) is 0. The Morgan fingerprint density at radius 3 is 2.50 bits per heavy atom. The number of piperidine rings is 1. The Bertz CT molecular complexity index is 312. The molecule has 3 aliphatic heterocycles. The van der Waals surface area contributed by atoms with E-state index in [-0.39, 0.29) is 0 Å². The highest BCUT2D eigenvalue weighted by atomic mass is 15.3. The number of hydrogen-bond acceptors (Lipinski definition) is 4. The van der Waals surface area contributed by atoms with E-state index in [1.54, 1.807) is 0 Å². The number of rotatable bonds is 3. The van der Waals surface area contributed by atoms with Gasteiger partial charge >= 0.3 is 0 Å². The standard InChI is InChI=1S/C16H32N4/c1-2-18-11-6-16(14-17,7-12-18)20-10-4-9-19-8-3-5-15(19)13-20/h15H,2-14,17H2,1H3. The summed E-state index contributed by atoms with van der Waals surface area (Å²) >= 11 is 0. The minimum absolute atomic E-state index is 0.296. The van der Waals surface area contributed by atoms with Gasteiger partial charge in [-0.2, -0.15) is 0 Å². The summed E-state index contributed by atoms with van der Waals surface area (Å²) in [5.41, 5.74) is 6.57. The molecule has 3 saturated heterocycles. The zero-order chi connectivity index (χ0) is 14.0. The summed E-state index contributed by atoms with van der Waals surface area (Å²) in [4.78, 5) is 8.09. The highest BCUT2D eigenvalue weighted by Gasteiger charge is 2.41. The van der Waals surface area contributed by atoms with Gasteiger partial charge in [0.1, 0.15) is 0 Å². The smallest absolute Gasteiger partial charge is 0.0356 e. The maximum Gasteiger partial charge on any atom is 0.0356 e. The van der Waals surface area contributed by atoms with E-state index >= 15 is 0 Å². The summed E-state index contributed by atoms with van der Waals surface area (Å²) in [6.45, 7) is 11.9. The van der Waals surface area contributed by atoms with Gasteiger partial charge in [0.15, 0.2) is 0 Å². The molecule has 3 fully saturated rings. The lowest BCUT2D eigenvalue weighted by molar-refractivity contribution is 0.0239. The van der Waals surface area contributed by atoms with E-state index < -0.39 is 0 Å². The van der Waals surface area contributed by atoms with Gasteiger partial charge in [-0.15, -0.1) is 0 Å². The van der Waals surface area contributed by atoms with Gasteiger partial charge in [-0.05, 0) is 64.8 Å². The SMILES string of the molecule is CCN1CCC(CN)(N2CCCN3CCCC3C2)CC1. The Kier molecular flexibility index (Phi) is 4.65. The molecule has 4 heteroatoms. The van der Waals surface area contributed by atoms with Crippen LogP contribution in [0.25, 0.3) is 0 Å². The van der Waals surface area contributed by atoms with E-state index in [4.69, 9.17) is 5.73 Å². The van der Waals surface area contributed by atoms with Crippen LogP contribution in [0.4, 0.5) is 0 Å². The lowest BCUT2D eigenvalue weighted by Gasteiger charge is -2.49. The average Bonchev–Trinajstić information content (AvgIpc) is 2.84. The Labute approximate surface area is 124 Å². The molecule has 0 spiro atoms. The Hall–Kier alpha value is -0.160. The van der Waals surface area contributed by atoms with Crippen LogP contribution in [0, 0.1) is 0 Å².